The van der Waals surface area contributed by atoms with E-state index in [1.807, 2.05) is 24.3 Å². The number of hydrogen-bond acceptors (Lipinski definition) is 4. The van der Waals surface area contributed by atoms with E-state index in [2.05, 4.69) is 6.07 Å². The van der Waals surface area contributed by atoms with Gasteiger partial charge in [-0.2, -0.15) is 5.26 Å². The molecule has 6 heteroatoms. The molecule has 0 radical (unpaired) electrons. The Morgan fingerprint density at radius 1 is 1.27 bits per heavy atom. The highest BCUT2D eigenvalue weighted by molar-refractivity contribution is 5.96. The van der Waals surface area contributed by atoms with Crippen molar-refractivity contribution < 1.29 is 9.84 Å². The summed E-state index contributed by atoms with van der Waals surface area (Å²) in [6.07, 6.45) is 2.94. The van der Waals surface area contributed by atoms with Gasteiger partial charge in [-0.3, -0.25) is 4.57 Å². The Hall–Kier alpha value is -3.20. The zero-order chi connectivity index (χ0) is 18.0. The number of nitriles is 1. The minimum atomic E-state index is -0.221. The average molecular weight is 347 g/mol. The standard InChI is InChI=1S/C20H17N3O3/c1-26-17-9-16(14-5-3-2-4-13(14)15(17)10-21)23-19(24)18-11-6-7-12(8-11)22(18)20(23)25/h2-5,9,11-12,24H,6-8H2,1H3. The van der Waals surface area contributed by atoms with Crippen LogP contribution in [0.25, 0.3) is 16.5 Å². The molecule has 6 nitrogen and oxygen atoms in total. The number of nitrogens with zero attached hydrogens (tertiary/aromatic N) is 3. The van der Waals surface area contributed by atoms with E-state index in [0.717, 1.165) is 30.3 Å². The van der Waals surface area contributed by atoms with E-state index in [1.165, 1.54) is 11.7 Å². The fraction of sp³-hybridized carbons (Fsp3) is 0.300. The molecule has 1 fully saturated rings. The quantitative estimate of drug-likeness (QED) is 0.772. The summed E-state index contributed by atoms with van der Waals surface area (Å²) in [5.41, 5.74) is 1.49. The van der Waals surface area contributed by atoms with Gasteiger partial charge in [0.2, 0.25) is 5.88 Å². The lowest BCUT2D eigenvalue weighted by Gasteiger charge is -2.13. The second kappa shape index (κ2) is 5.15. The number of methoxy groups -OCH3 is 1. The summed E-state index contributed by atoms with van der Waals surface area (Å²) >= 11 is 0. The largest absolute Gasteiger partial charge is 0.495 e. The van der Waals surface area contributed by atoms with Crippen molar-refractivity contribution in [2.45, 2.75) is 31.2 Å². The van der Waals surface area contributed by atoms with Crippen molar-refractivity contribution in [2.75, 3.05) is 7.11 Å². The topological polar surface area (TPSA) is 80.2 Å². The lowest BCUT2D eigenvalue weighted by molar-refractivity contribution is 0.412. The molecule has 0 spiro atoms. The number of imidazole rings is 1. The molecule has 2 atom stereocenters. The van der Waals surface area contributed by atoms with Crippen LogP contribution in [0.3, 0.4) is 0 Å². The molecule has 26 heavy (non-hydrogen) atoms. The summed E-state index contributed by atoms with van der Waals surface area (Å²) in [7, 11) is 1.50. The lowest BCUT2D eigenvalue weighted by atomic mass is 10.0. The van der Waals surface area contributed by atoms with Crippen LogP contribution in [-0.4, -0.2) is 21.4 Å². The number of fused-ring (bicyclic) bond motifs is 6. The minimum Gasteiger partial charge on any atom is -0.495 e. The molecule has 2 heterocycles. The van der Waals surface area contributed by atoms with Crippen LogP contribution in [0.1, 0.15) is 42.5 Å². The van der Waals surface area contributed by atoms with Gasteiger partial charge in [-0.05, 0) is 19.3 Å². The van der Waals surface area contributed by atoms with Gasteiger partial charge in [0.15, 0.2) is 0 Å². The monoisotopic (exact) mass is 347 g/mol. The highest BCUT2D eigenvalue weighted by Crippen LogP contribution is 2.51. The first kappa shape index (κ1) is 15.1. The van der Waals surface area contributed by atoms with Gasteiger partial charge in [0.25, 0.3) is 0 Å². The molecule has 3 aromatic rings. The molecule has 2 aliphatic rings. The van der Waals surface area contributed by atoms with Gasteiger partial charge in [-0.1, -0.05) is 24.3 Å². The molecule has 130 valence electrons. The van der Waals surface area contributed by atoms with Gasteiger partial charge in [-0.15, -0.1) is 0 Å². The van der Waals surface area contributed by atoms with Crippen LogP contribution in [0.2, 0.25) is 0 Å². The molecule has 0 saturated heterocycles. The zero-order valence-electron chi connectivity index (χ0n) is 14.3. The summed E-state index contributed by atoms with van der Waals surface area (Å²) in [6, 6.07) is 11.4. The number of aromatic hydroxyl groups is 1. The molecule has 2 bridgehead atoms. The van der Waals surface area contributed by atoms with Crippen LogP contribution < -0.4 is 10.4 Å². The van der Waals surface area contributed by atoms with E-state index in [0.29, 0.717) is 22.4 Å². The third-order valence-corrected chi connectivity index (χ3v) is 5.81. The number of benzene rings is 2. The first-order valence-corrected chi connectivity index (χ1v) is 8.72. The maximum Gasteiger partial charge on any atom is 0.336 e. The van der Waals surface area contributed by atoms with Gasteiger partial charge >= 0.3 is 5.69 Å². The molecule has 1 aromatic heterocycles. The van der Waals surface area contributed by atoms with Crippen molar-refractivity contribution in [3.8, 4) is 23.4 Å². The normalized spacial score (nSPS) is 20.3. The van der Waals surface area contributed by atoms with E-state index in [9.17, 15) is 15.2 Å². The van der Waals surface area contributed by atoms with Gasteiger partial charge in [0.05, 0.1) is 18.5 Å². The fourth-order valence-electron chi connectivity index (χ4n) is 4.71. The van der Waals surface area contributed by atoms with Crippen molar-refractivity contribution >= 4 is 10.8 Å². The summed E-state index contributed by atoms with van der Waals surface area (Å²) in [4.78, 5) is 13.1. The smallest absolute Gasteiger partial charge is 0.336 e. The first-order chi connectivity index (χ1) is 12.7. The highest BCUT2D eigenvalue weighted by atomic mass is 16.5. The number of ether oxygens (including phenoxy) is 1. The van der Waals surface area contributed by atoms with Crippen molar-refractivity contribution in [3.63, 3.8) is 0 Å². The average Bonchev–Trinajstić information content (AvgIpc) is 3.34. The molecule has 1 aliphatic heterocycles. The highest BCUT2D eigenvalue weighted by Gasteiger charge is 2.42. The summed E-state index contributed by atoms with van der Waals surface area (Å²) < 4.78 is 8.51. The zero-order valence-corrected chi connectivity index (χ0v) is 14.3. The summed E-state index contributed by atoms with van der Waals surface area (Å²) in [5, 5.41) is 21.9. The van der Waals surface area contributed by atoms with Crippen molar-refractivity contribution in [1.29, 1.82) is 5.26 Å². The van der Waals surface area contributed by atoms with Crippen molar-refractivity contribution in [3.05, 3.63) is 52.1 Å². The predicted octanol–water partition coefficient (Wildman–Crippen LogP) is 3.20. The Morgan fingerprint density at radius 2 is 2.04 bits per heavy atom. The van der Waals surface area contributed by atoms with Crippen LogP contribution in [-0.2, 0) is 0 Å². The Bertz CT molecular complexity index is 1170. The number of hydrogen-bond donors (Lipinski definition) is 1. The second-order valence-electron chi connectivity index (χ2n) is 6.99. The Kier molecular flexibility index (Phi) is 2.99. The van der Waals surface area contributed by atoms with Gasteiger partial charge in [-0.25, -0.2) is 9.36 Å². The third-order valence-electron chi connectivity index (χ3n) is 5.81. The molecular formula is C20H17N3O3. The Morgan fingerprint density at radius 3 is 2.73 bits per heavy atom. The number of rotatable bonds is 2. The minimum absolute atomic E-state index is 0.0131. The molecule has 0 amide bonds. The van der Waals surface area contributed by atoms with Crippen LogP contribution in [0.5, 0.6) is 11.6 Å². The van der Waals surface area contributed by atoms with Gasteiger partial charge < -0.3 is 9.84 Å². The van der Waals surface area contributed by atoms with Gasteiger partial charge in [0.1, 0.15) is 17.4 Å². The van der Waals surface area contributed by atoms with Gasteiger partial charge in [0, 0.05) is 28.8 Å². The molecule has 1 N–H and O–H groups in total. The van der Waals surface area contributed by atoms with Crippen LogP contribution in [0, 0.1) is 11.3 Å². The lowest BCUT2D eigenvalue weighted by Crippen LogP contribution is -2.25. The first-order valence-electron chi connectivity index (χ1n) is 8.72. The van der Waals surface area contributed by atoms with E-state index < -0.39 is 0 Å². The number of aromatic nitrogens is 2. The van der Waals surface area contributed by atoms with E-state index in [4.69, 9.17) is 4.74 Å². The summed E-state index contributed by atoms with van der Waals surface area (Å²) in [5.74, 6) is 0.654. The van der Waals surface area contributed by atoms with E-state index >= 15 is 0 Å². The molecule has 2 aromatic carbocycles. The molecule has 1 aliphatic carbocycles. The van der Waals surface area contributed by atoms with E-state index in [-0.39, 0.29) is 23.5 Å². The van der Waals surface area contributed by atoms with Crippen LogP contribution in [0.15, 0.2) is 35.1 Å². The maximum absolute atomic E-state index is 13.1. The molecule has 5 rings (SSSR count). The second-order valence-corrected chi connectivity index (χ2v) is 6.99. The molecule has 1 saturated carbocycles. The van der Waals surface area contributed by atoms with Crippen molar-refractivity contribution in [2.24, 2.45) is 0 Å². The SMILES string of the molecule is COc1cc(-n2c(O)c3n(c2=O)C2CCC3C2)c2ccccc2c1C#N. The fourth-order valence-corrected chi connectivity index (χ4v) is 4.71. The summed E-state index contributed by atoms with van der Waals surface area (Å²) in [6.45, 7) is 0. The van der Waals surface area contributed by atoms with Crippen LogP contribution >= 0.6 is 0 Å². The predicted molar refractivity (Wildman–Crippen MR) is 96.1 cm³/mol. The maximum atomic E-state index is 13.1. The molecular weight excluding hydrogens is 330 g/mol. The Balaban J connectivity index is 1.88. The van der Waals surface area contributed by atoms with Crippen molar-refractivity contribution in [1.82, 2.24) is 9.13 Å². The van der Waals surface area contributed by atoms with Crippen LogP contribution in [0.4, 0.5) is 0 Å². The third kappa shape index (κ3) is 1.72. The Labute approximate surface area is 149 Å². The van der Waals surface area contributed by atoms with E-state index in [1.54, 1.807) is 10.6 Å². The molecule has 2 unspecified atom stereocenters.